The number of nitrogens with two attached hydrogens (primary N) is 1. The highest BCUT2D eigenvalue weighted by atomic mass is 16.2. The standard InChI is InChI=1S/C14H20N4O2/c1-2-16-13(19)10-6-5-9(15)8-12(10)18-11-4-3-7-17-14(11)20/h5-6,8,11,18H,2-4,7,15H2,1H3,(H,16,19)(H,17,20). The van der Waals surface area contributed by atoms with Gasteiger partial charge in [0.25, 0.3) is 5.91 Å². The Labute approximate surface area is 118 Å². The number of benzene rings is 1. The van der Waals surface area contributed by atoms with Gasteiger partial charge in [-0.15, -0.1) is 0 Å². The van der Waals surface area contributed by atoms with Gasteiger partial charge in [-0.25, -0.2) is 0 Å². The molecule has 2 amide bonds. The molecule has 108 valence electrons. The lowest BCUT2D eigenvalue weighted by molar-refractivity contribution is -0.123. The maximum Gasteiger partial charge on any atom is 0.253 e. The van der Waals surface area contributed by atoms with Crippen molar-refractivity contribution in [1.29, 1.82) is 0 Å². The Kier molecular flexibility index (Phi) is 4.45. The van der Waals surface area contributed by atoms with Crippen LogP contribution in [0.5, 0.6) is 0 Å². The molecule has 1 heterocycles. The monoisotopic (exact) mass is 276 g/mol. The minimum Gasteiger partial charge on any atom is -0.399 e. The molecule has 1 unspecified atom stereocenters. The summed E-state index contributed by atoms with van der Waals surface area (Å²) in [6, 6.07) is 4.71. The first-order chi connectivity index (χ1) is 9.61. The highest BCUT2D eigenvalue weighted by Gasteiger charge is 2.23. The topological polar surface area (TPSA) is 96.2 Å². The van der Waals surface area contributed by atoms with Crippen molar-refractivity contribution in [2.24, 2.45) is 0 Å². The first-order valence-electron chi connectivity index (χ1n) is 6.83. The quantitative estimate of drug-likeness (QED) is 0.609. The molecule has 1 aliphatic rings. The second-order valence-electron chi connectivity index (χ2n) is 4.79. The predicted octanol–water partition coefficient (Wildman–Crippen LogP) is 0.709. The first kappa shape index (κ1) is 14.2. The highest BCUT2D eigenvalue weighted by Crippen LogP contribution is 2.22. The van der Waals surface area contributed by atoms with Gasteiger partial charge in [0.2, 0.25) is 5.91 Å². The molecule has 0 radical (unpaired) electrons. The van der Waals surface area contributed by atoms with Crippen molar-refractivity contribution in [1.82, 2.24) is 10.6 Å². The largest absolute Gasteiger partial charge is 0.399 e. The number of nitrogens with one attached hydrogen (secondary N) is 3. The Bertz CT molecular complexity index is 516. The van der Waals surface area contributed by atoms with E-state index in [9.17, 15) is 9.59 Å². The van der Waals surface area contributed by atoms with Crippen LogP contribution in [0.15, 0.2) is 18.2 Å². The SMILES string of the molecule is CCNC(=O)c1ccc(N)cc1NC1CCCNC1=O. The number of carbonyl (C=O) groups is 2. The lowest BCUT2D eigenvalue weighted by atomic mass is 10.0. The third-order valence-electron chi connectivity index (χ3n) is 3.24. The van der Waals surface area contributed by atoms with Crippen LogP contribution in [0.2, 0.25) is 0 Å². The fourth-order valence-corrected chi connectivity index (χ4v) is 2.23. The van der Waals surface area contributed by atoms with Crippen molar-refractivity contribution in [2.45, 2.75) is 25.8 Å². The van der Waals surface area contributed by atoms with Crippen molar-refractivity contribution in [3.05, 3.63) is 23.8 Å². The highest BCUT2D eigenvalue weighted by molar-refractivity contribution is 6.01. The van der Waals surface area contributed by atoms with Crippen LogP contribution < -0.4 is 21.7 Å². The van der Waals surface area contributed by atoms with Gasteiger partial charge in [-0.2, -0.15) is 0 Å². The second-order valence-corrected chi connectivity index (χ2v) is 4.79. The Hall–Kier alpha value is -2.24. The molecule has 1 atom stereocenters. The van der Waals surface area contributed by atoms with E-state index in [2.05, 4.69) is 16.0 Å². The summed E-state index contributed by atoms with van der Waals surface area (Å²) in [4.78, 5) is 23.8. The Morgan fingerprint density at radius 2 is 2.30 bits per heavy atom. The predicted molar refractivity (Wildman–Crippen MR) is 78.5 cm³/mol. The Balaban J connectivity index is 2.22. The van der Waals surface area contributed by atoms with Crippen LogP contribution in [0.1, 0.15) is 30.1 Å². The third kappa shape index (κ3) is 3.20. The maximum atomic E-state index is 12.0. The third-order valence-corrected chi connectivity index (χ3v) is 3.24. The molecular weight excluding hydrogens is 256 g/mol. The van der Waals surface area contributed by atoms with Crippen molar-refractivity contribution in [3.63, 3.8) is 0 Å². The van der Waals surface area contributed by atoms with Crippen LogP contribution in [-0.2, 0) is 4.79 Å². The number of piperidine rings is 1. The molecule has 0 spiro atoms. The van der Waals surface area contributed by atoms with Gasteiger partial charge in [-0.3, -0.25) is 9.59 Å². The van der Waals surface area contributed by atoms with Crippen LogP contribution in [0.25, 0.3) is 0 Å². The van der Waals surface area contributed by atoms with Gasteiger partial charge in [-0.05, 0) is 38.0 Å². The molecule has 5 N–H and O–H groups in total. The summed E-state index contributed by atoms with van der Waals surface area (Å²) >= 11 is 0. The van der Waals surface area contributed by atoms with E-state index in [4.69, 9.17) is 5.73 Å². The first-order valence-corrected chi connectivity index (χ1v) is 6.83. The zero-order chi connectivity index (χ0) is 14.5. The lowest BCUT2D eigenvalue weighted by Gasteiger charge is -2.25. The summed E-state index contributed by atoms with van der Waals surface area (Å²) < 4.78 is 0. The molecule has 2 rings (SSSR count). The summed E-state index contributed by atoms with van der Waals surface area (Å²) in [5.41, 5.74) is 7.42. The number of carbonyl (C=O) groups excluding carboxylic acids is 2. The van der Waals surface area contributed by atoms with E-state index < -0.39 is 0 Å². The van der Waals surface area contributed by atoms with Crippen LogP contribution >= 0.6 is 0 Å². The summed E-state index contributed by atoms with van der Waals surface area (Å²) in [6.07, 6.45) is 1.66. The van der Waals surface area contributed by atoms with Gasteiger partial charge >= 0.3 is 0 Å². The zero-order valence-corrected chi connectivity index (χ0v) is 11.5. The Morgan fingerprint density at radius 3 is 3.00 bits per heavy atom. The van der Waals surface area contributed by atoms with Crippen LogP contribution in [0, 0.1) is 0 Å². The molecule has 0 aliphatic carbocycles. The number of amides is 2. The van der Waals surface area contributed by atoms with E-state index in [0.717, 1.165) is 12.8 Å². The minimum absolute atomic E-state index is 0.0412. The van der Waals surface area contributed by atoms with Gasteiger partial charge < -0.3 is 21.7 Å². The lowest BCUT2D eigenvalue weighted by Crippen LogP contribution is -2.44. The molecule has 1 fully saturated rings. The van der Waals surface area contributed by atoms with E-state index >= 15 is 0 Å². The molecule has 20 heavy (non-hydrogen) atoms. The maximum absolute atomic E-state index is 12.0. The van der Waals surface area contributed by atoms with Gasteiger partial charge in [0, 0.05) is 24.5 Å². The van der Waals surface area contributed by atoms with E-state index in [1.165, 1.54) is 0 Å². The van der Waals surface area contributed by atoms with Gasteiger partial charge in [0.1, 0.15) is 6.04 Å². The average Bonchev–Trinajstić information content (AvgIpc) is 2.42. The fraction of sp³-hybridized carbons (Fsp3) is 0.429. The van der Waals surface area contributed by atoms with E-state index in [1.54, 1.807) is 18.2 Å². The normalized spacial score (nSPS) is 18.2. The molecule has 0 aromatic heterocycles. The number of anilines is 2. The average molecular weight is 276 g/mol. The number of hydrogen-bond acceptors (Lipinski definition) is 4. The van der Waals surface area contributed by atoms with E-state index in [-0.39, 0.29) is 17.9 Å². The van der Waals surface area contributed by atoms with Crippen molar-refractivity contribution < 1.29 is 9.59 Å². The van der Waals surface area contributed by atoms with Gasteiger partial charge in [0.15, 0.2) is 0 Å². The molecule has 1 aromatic rings. The van der Waals surface area contributed by atoms with Crippen LogP contribution in [0.4, 0.5) is 11.4 Å². The Morgan fingerprint density at radius 1 is 1.50 bits per heavy atom. The van der Waals surface area contributed by atoms with E-state index in [1.807, 2.05) is 6.92 Å². The summed E-state index contributed by atoms with van der Waals surface area (Å²) in [6.45, 7) is 3.11. The zero-order valence-electron chi connectivity index (χ0n) is 11.5. The smallest absolute Gasteiger partial charge is 0.253 e. The number of hydrogen-bond donors (Lipinski definition) is 4. The molecule has 0 saturated carbocycles. The molecule has 0 bridgehead atoms. The van der Waals surface area contributed by atoms with Crippen LogP contribution in [0.3, 0.4) is 0 Å². The second kappa shape index (κ2) is 6.27. The van der Waals surface area contributed by atoms with Gasteiger partial charge in [-0.1, -0.05) is 0 Å². The summed E-state index contributed by atoms with van der Waals surface area (Å²) in [7, 11) is 0. The van der Waals surface area contributed by atoms with Crippen molar-refractivity contribution in [3.8, 4) is 0 Å². The van der Waals surface area contributed by atoms with Crippen LogP contribution in [-0.4, -0.2) is 30.9 Å². The molecule has 1 aliphatic heterocycles. The molecule has 6 nitrogen and oxygen atoms in total. The molecule has 1 saturated heterocycles. The van der Waals surface area contributed by atoms with E-state index in [0.29, 0.717) is 30.0 Å². The van der Waals surface area contributed by atoms with Crippen molar-refractivity contribution in [2.75, 3.05) is 24.1 Å². The molecule has 6 heteroatoms. The minimum atomic E-state index is -0.321. The summed E-state index contributed by atoms with van der Waals surface area (Å²) in [5.74, 6) is -0.216. The van der Waals surface area contributed by atoms with Crippen molar-refractivity contribution >= 4 is 23.2 Å². The fourth-order valence-electron chi connectivity index (χ4n) is 2.23. The molecular formula is C14H20N4O2. The van der Waals surface area contributed by atoms with Gasteiger partial charge in [0.05, 0.1) is 5.56 Å². The molecule has 1 aromatic carbocycles. The summed E-state index contributed by atoms with van der Waals surface area (Å²) in [5, 5.41) is 8.68. The number of rotatable bonds is 4. The number of nitrogen functional groups attached to an aromatic ring is 1.